The van der Waals surface area contributed by atoms with Gasteiger partial charge in [0.2, 0.25) is 0 Å². The molecule has 10 rings (SSSR count). The van der Waals surface area contributed by atoms with Crippen LogP contribution < -0.4 is 0 Å². The number of hydrogen-bond donors (Lipinski definition) is 0. The quantitative estimate of drug-likeness (QED) is 0.156. The second-order valence-electron chi connectivity index (χ2n) is 15.4. The fourth-order valence-corrected chi connectivity index (χ4v) is 8.08. The average Bonchev–Trinajstić information content (AvgIpc) is 3.94. The van der Waals surface area contributed by atoms with E-state index < -0.39 is 0 Å². The summed E-state index contributed by atoms with van der Waals surface area (Å²) in [4.78, 5) is 9.49. The molecule has 0 aliphatic rings. The van der Waals surface area contributed by atoms with Gasteiger partial charge in [-0.2, -0.15) is 0 Å². The molecule has 285 valence electrons. The molecule has 6 heteroatoms. The third-order valence-electron chi connectivity index (χ3n) is 10.8. The molecule has 0 atom stereocenters. The Morgan fingerprint density at radius 1 is 0.649 bits per heavy atom. The number of fused-ring (bicyclic) bond motifs is 7. The molecule has 5 nitrogen and oxygen atoms in total. The summed E-state index contributed by atoms with van der Waals surface area (Å²) in [6, 6.07) is 51.2. The van der Waals surface area contributed by atoms with Crippen molar-refractivity contribution in [3.63, 3.8) is 0 Å². The van der Waals surface area contributed by atoms with Crippen molar-refractivity contribution in [3.05, 3.63) is 163 Å². The Labute approximate surface area is 347 Å². The smallest absolute Gasteiger partial charge is 0.121 e. The molecule has 0 spiro atoms. The topological polar surface area (TPSA) is 48.8 Å². The molecule has 10 aromatic rings. The maximum Gasteiger partial charge on any atom is 0.121 e. The zero-order valence-electron chi connectivity index (χ0n) is 33.0. The van der Waals surface area contributed by atoms with Crippen molar-refractivity contribution in [1.82, 2.24) is 19.1 Å². The van der Waals surface area contributed by atoms with Crippen LogP contribution in [-0.2, 0) is 20.1 Å². The largest absolute Gasteiger partial charge is 0.501 e. The fourth-order valence-electron chi connectivity index (χ4n) is 8.08. The molecular weight excluding hydrogens is 877 g/mol. The second kappa shape index (κ2) is 15.6. The first-order valence-corrected chi connectivity index (χ1v) is 19.6. The van der Waals surface area contributed by atoms with E-state index in [0.717, 1.165) is 55.6 Å². The fraction of sp³-hybridized carbons (Fsp3) is 0.176. The monoisotopic (exact) mass is 921 g/mol. The molecule has 0 saturated heterocycles. The van der Waals surface area contributed by atoms with Gasteiger partial charge in [0.15, 0.2) is 0 Å². The van der Waals surface area contributed by atoms with Gasteiger partial charge in [-0.25, -0.2) is 0 Å². The number of imidazole rings is 1. The maximum absolute atomic E-state index is 6.82. The van der Waals surface area contributed by atoms with Gasteiger partial charge in [-0.1, -0.05) is 93.2 Å². The van der Waals surface area contributed by atoms with Gasteiger partial charge in [-0.05, 0) is 84.3 Å². The molecule has 1 radical (unpaired) electrons. The number of aromatic nitrogens is 4. The third-order valence-corrected chi connectivity index (χ3v) is 10.8. The van der Waals surface area contributed by atoms with Crippen LogP contribution in [0, 0.1) is 12.1 Å². The Morgan fingerprint density at radius 3 is 2.12 bits per heavy atom. The summed E-state index contributed by atoms with van der Waals surface area (Å²) in [6.45, 7) is 13.5. The molecule has 0 bridgehead atoms. The first-order valence-electron chi connectivity index (χ1n) is 19.6. The van der Waals surface area contributed by atoms with Crippen molar-refractivity contribution in [2.45, 2.75) is 59.4 Å². The minimum Gasteiger partial charge on any atom is -0.501 e. The average molecular weight is 921 g/mol. The van der Waals surface area contributed by atoms with Crippen molar-refractivity contribution < 1.29 is 24.5 Å². The number of benzene rings is 6. The van der Waals surface area contributed by atoms with Crippen LogP contribution in [0.15, 0.2) is 144 Å². The Bertz CT molecular complexity index is 2940. The number of pyridine rings is 1. The number of para-hydroxylation sites is 3. The van der Waals surface area contributed by atoms with Gasteiger partial charge in [0.1, 0.15) is 5.58 Å². The SMILES string of the molecule is CC(C)c1cccc(C(C)C)c1-n1c(-c2[c-]ccc3c2oc2cc4c(ccc5ccn(C(C)C)c54)cc23)nc2ccccc21.[Ir].[c-]1ccccc1-c1ccccn1. The molecule has 0 N–H and O–H groups in total. The molecule has 0 aliphatic heterocycles. The van der Waals surface area contributed by atoms with Crippen LogP contribution in [0.2, 0.25) is 0 Å². The maximum atomic E-state index is 6.82. The third kappa shape index (κ3) is 6.77. The molecule has 4 aromatic heterocycles. The summed E-state index contributed by atoms with van der Waals surface area (Å²) in [5.41, 5.74) is 11.7. The van der Waals surface area contributed by atoms with Crippen LogP contribution in [0.4, 0.5) is 0 Å². The van der Waals surface area contributed by atoms with Crippen LogP contribution in [0.1, 0.15) is 70.5 Å². The van der Waals surface area contributed by atoms with E-state index >= 15 is 0 Å². The van der Waals surface area contributed by atoms with E-state index in [1.165, 1.54) is 38.5 Å². The first kappa shape index (κ1) is 38.1. The molecule has 0 amide bonds. The van der Waals surface area contributed by atoms with Gasteiger partial charge < -0.3 is 18.5 Å². The second-order valence-corrected chi connectivity index (χ2v) is 15.4. The Morgan fingerprint density at radius 2 is 1.40 bits per heavy atom. The van der Waals surface area contributed by atoms with Crippen molar-refractivity contribution in [3.8, 4) is 28.3 Å². The summed E-state index contributed by atoms with van der Waals surface area (Å²) in [5, 5.41) is 5.85. The molecule has 57 heavy (non-hydrogen) atoms. The summed E-state index contributed by atoms with van der Waals surface area (Å²) >= 11 is 0. The van der Waals surface area contributed by atoms with E-state index in [-0.39, 0.29) is 20.1 Å². The number of rotatable bonds is 6. The van der Waals surface area contributed by atoms with Gasteiger partial charge in [0.05, 0.1) is 28.0 Å². The van der Waals surface area contributed by atoms with E-state index in [1.54, 1.807) is 6.20 Å². The zero-order valence-corrected chi connectivity index (χ0v) is 35.4. The normalized spacial score (nSPS) is 11.7. The minimum atomic E-state index is 0. The van der Waals surface area contributed by atoms with Crippen LogP contribution >= 0.6 is 0 Å². The van der Waals surface area contributed by atoms with Crippen molar-refractivity contribution in [1.29, 1.82) is 0 Å². The van der Waals surface area contributed by atoms with E-state index in [4.69, 9.17) is 9.40 Å². The van der Waals surface area contributed by atoms with E-state index in [0.29, 0.717) is 17.9 Å². The molecule has 6 aromatic carbocycles. The van der Waals surface area contributed by atoms with Crippen LogP contribution in [-0.4, -0.2) is 19.1 Å². The molecule has 0 fully saturated rings. The predicted octanol–water partition coefficient (Wildman–Crippen LogP) is 13.9. The number of hydrogen-bond acceptors (Lipinski definition) is 3. The zero-order chi connectivity index (χ0) is 38.5. The van der Waals surface area contributed by atoms with Crippen LogP contribution in [0.25, 0.3) is 83.0 Å². The van der Waals surface area contributed by atoms with Gasteiger partial charge in [-0.3, -0.25) is 4.98 Å². The minimum absolute atomic E-state index is 0. The van der Waals surface area contributed by atoms with E-state index in [2.05, 4.69) is 153 Å². The van der Waals surface area contributed by atoms with E-state index in [1.807, 2.05) is 48.5 Å². The molecule has 0 unspecified atom stereocenters. The number of furan rings is 1. The van der Waals surface area contributed by atoms with Crippen molar-refractivity contribution in [2.75, 3.05) is 0 Å². The van der Waals surface area contributed by atoms with Gasteiger partial charge >= 0.3 is 0 Å². The van der Waals surface area contributed by atoms with Crippen LogP contribution in [0.5, 0.6) is 0 Å². The molecule has 0 aliphatic carbocycles. The van der Waals surface area contributed by atoms with Crippen LogP contribution in [0.3, 0.4) is 0 Å². The Balaban J connectivity index is 0.000000300. The van der Waals surface area contributed by atoms with E-state index in [9.17, 15) is 0 Å². The molecule has 0 saturated carbocycles. The summed E-state index contributed by atoms with van der Waals surface area (Å²) < 4.78 is 11.5. The first-order chi connectivity index (χ1) is 27.3. The Kier molecular flexibility index (Phi) is 10.4. The molecular formula is C51H44IrN4O-2. The summed E-state index contributed by atoms with van der Waals surface area (Å²) in [5.74, 6) is 1.54. The van der Waals surface area contributed by atoms with Crippen molar-refractivity contribution >= 4 is 54.6 Å². The molecule has 4 heterocycles. The number of nitrogens with zero attached hydrogens (tertiary/aromatic N) is 4. The predicted molar refractivity (Wildman–Crippen MR) is 233 cm³/mol. The van der Waals surface area contributed by atoms with Gasteiger partial charge in [0.25, 0.3) is 0 Å². The summed E-state index contributed by atoms with van der Waals surface area (Å²) in [7, 11) is 0. The van der Waals surface area contributed by atoms with Gasteiger partial charge in [0, 0.05) is 60.4 Å². The Hall–Kier alpha value is -5.81. The standard InChI is InChI=1S/C40H36N3O.C11H8N.Ir/c1-23(2)28-11-9-12-29(24(3)4)38(28)43-35-16-8-7-15-34(35)41-40(43)31-14-10-13-30-33-21-27-18-17-26-19-20-42(25(5)6)37(26)32(27)22-36(33)44-39(30)31;1-2-6-10(7-3-1)11-8-4-5-9-12-11;/h7-13,15-25H,1-6H3;1-6,8-9H;/q2*-1;. The van der Waals surface area contributed by atoms with Crippen molar-refractivity contribution in [2.24, 2.45) is 0 Å². The van der Waals surface area contributed by atoms with Gasteiger partial charge in [-0.15, -0.1) is 54.1 Å². The summed E-state index contributed by atoms with van der Waals surface area (Å²) in [6.07, 6.45) is 3.98.